The summed E-state index contributed by atoms with van der Waals surface area (Å²) in [7, 11) is 0. The van der Waals surface area contributed by atoms with E-state index in [-0.39, 0.29) is 24.5 Å². The molecule has 2 aliphatic heterocycles. The Hall–Kier alpha value is -3.16. The van der Waals surface area contributed by atoms with Gasteiger partial charge in [-0.1, -0.05) is 0 Å². The molecule has 1 aromatic heterocycles. The van der Waals surface area contributed by atoms with Gasteiger partial charge >= 0.3 is 6.03 Å². The Morgan fingerprint density at radius 2 is 2.25 bits per heavy atom. The zero-order valence-electron chi connectivity index (χ0n) is 15.8. The van der Waals surface area contributed by atoms with Gasteiger partial charge < -0.3 is 19.9 Å². The van der Waals surface area contributed by atoms with Gasteiger partial charge in [0.05, 0.1) is 5.69 Å². The molecular weight excluding hydrogens is 358 g/mol. The van der Waals surface area contributed by atoms with E-state index in [0.29, 0.717) is 31.1 Å². The standard InChI is InChI=1S/C20H23N5O3/c1-2-25-17-6-5-15(10-18(17)28-12-19(25)26)23-20(27)24-9-3-4-14(11-24)16-7-8-21-13-22-16/h5-8,10,13-14H,2-4,9,11-12H2,1H3,(H,23,27). The summed E-state index contributed by atoms with van der Waals surface area (Å²) in [5.74, 6) is 0.770. The highest BCUT2D eigenvalue weighted by molar-refractivity contribution is 5.98. The van der Waals surface area contributed by atoms with Crippen molar-refractivity contribution in [2.45, 2.75) is 25.7 Å². The van der Waals surface area contributed by atoms with Crippen molar-refractivity contribution in [2.75, 3.05) is 36.5 Å². The zero-order valence-corrected chi connectivity index (χ0v) is 15.8. The van der Waals surface area contributed by atoms with E-state index in [1.165, 1.54) is 0 Å². The van der Waals surface area contributed by atoms with Crippen LogP contribution in [0.25, 0.3) is 0 Å². The van der Waals surface area contributed by atoms with E-state index in [1.807, 2.05) is 24.0 Å². The molecule has 0 bridgehead atoms. The monoisotopic (exact) mass is 381 g/mol. The quantitative estimate of drug-likeness (QED) is 0.883. The lowest BCUT2D eigenvalue weighted by atomic mass is 9.95. The highest BCUT2D eigenvalue weighted by Crippen LogP contribution is 2.34. The van der Waals surface area contributed by atoms with Crippen molar-refractivity contribution < 1.29 is 14.3 Å². The van der Waals surface area contributed by atoms with Gasteiger partial charge in [0, 0.05) is 49.2 Å². The lowest BCUT2D eigenvalue weighted by Crippen LogP contribution is -2.42. The summed E-state index contributed by atoms with van der Waals surface area (Å²) in [6, 6.07) is 7.15. The number of nitrogens with one attached hydrogen (secondary N) is 1. The van der Waals surface area contributed by atoms with Crippen molar-refractivity contribution in [3.05, 3.63) is 42.5 Å². The van der Waals surface area contributed by atoms with E-state index >= 15 is 0 Å². The number of carbonyl (C=O) groups is 2. The second-order valence-electron chi connectivity index (χ2n) is 6.96. The summed E-state index contributed by atoms with van der Waals surface area (Å²) in [5.41, 5.74) is 2.36. The molecule has 1 fully saturated rings. The second kappa shape index (κ2) is 7.84. The third-order valence-electron chi connectivity index (χ3n) is 5.20. The fraction of sp³-hybridized carbons (Fsp3) is 0.400. The molecule has 4 rings (SSSR count). The summed E-state index contributed by atoms with van der Waals surface area (Å²) in [4.78, 5) is 36.5. The number of urea groups is 1. The van der Waals surface area contributed by atoms with Gasteiger partial charge in [-0.05, 0) is 38.0 Å². The number of fused-ring (bicyclic) bond motifs is 1. The predicted molar refractivity (Wildman–Crippen MR) is 105 cm³/mol. The number of aromatic nitrogens is 2. The molecule has 0 saturated carbocycles. The number of hydrogen-bond donors (Lipinski definition) is 1. The molecule has 3 amide bonds. The lowest BCUT2D eigenvalue weighted by molar-refractivity contribution is -0.121. The van der Waals surface area contributed by atoms with E-state index in [2.05, 4.69) is 15.3 Å². The summed E-state index contributed by atoms with van der Waals surface area (Å²) in [6.45, 7) is 3.87. The third kappa shape index (κ3) is 3.62. The molecule has 0 spiro atoms. The van der Waals surface area contributed by atoms with Gasteiger partial charge in [-0.15, -0.1) is 0 Å². The van der Waals surface area contributed by atoms with E-state index in [1.54, 1.807) is 29.6 Å². The van der Waals surface area contributed by atoms with Crippen LogP contribution >= 0.6 is 0 Å². The van der Waals surface area contributed by atoms with E-state index in [9.17, 15) is 9.59 Å². The zero-order chi connectivity index (χ0) is 19.5. The second-order valence-corrected chi connectivity index (χ2v) is 6.96. The molecule has 2 aromatic rings. The number of likely N-dealkylation sites (N-methyl/N-ethyl adjacent to an activating group) is 1. The minimum atomic E-state index is -0.141. The number of carbonyl (C=O) groups excluding carboxylic acids is 2. The topological polar surface area (TPSA) is 87.7 Å². The van der Waals surface area contributed by atoms with Crippen molar-refractivity contribution in [1.29, 1.82) is 0 Å². The first-order valence-electron chi connectivity index (χ1n) is 9.54. The first-order chi connectivity index (χ1) is 13.7. The number of nitrogens with zero attached hydrogens (tertiary/aromatic N) is 4. The van der Waals surface area contributed by atoms with Crippen molar-refractivity contribution in [3.8, 4) is 5.75 Å². The summed E-state index contributed by atoms with van der Waals surface area (Å²) in [5, 5.41) is 2.95. The van der Waals surface area contributed by atoms with Gasteiger partial charge in [0.1, 0.15) is 12.1 Å². The summed E-state index contributed by atoms with van der Waals surface area (Å²) >= 11 is 0. The van der Waals surface area contributed by atoms with Crippen LogP contribution < -0.4 is 15.0 Å². The molecule has 28 heavy (non-hydrogen) atoms. The Morgan fingerprint density at radius 1 is 1.36 bits per heavy atom. The fourth-order valence-corrected chi connectivity index (χ4v) is 3.78. The minimum absolute atomic E-state index is 0.0188. The molecule has 1 aromatic carbocycles. The van der Waals surface area contributed by atoms with Gasteiger partial charge in [-0.3, -0.25) is 4.79 Å². The molecule has 1 atom stereocenters. The third-order valence-corrected chi connectivity index (χ3v) is 5.20. The number of piperidine rings is 1. The van der Waals surface area contributed by atoms with Gasteiger partial charge in [-0.25, -0.2) is 14.8 Å². The van der Waals surface area contributed by atoms with E-state index < -0.39 is 0 Å². The first-order valence-corrected chi connectivity index (χ1v) is 9.54. The van der Waals surface area contributed by atoms with Crippen LogP contribution in [0, 0.1) is 0 Å². The average molecular weight is 381 g/mol. The van der Waals surface area contributed by atoms with Crippen LogP contribution in [0.4, 0.5) is 16.2 Å². The SMILES string of the molecule is CCN1C(=O)COc2cc(NC(=O)N3CCCC(c4ccncn4)C3)ccc21. The molecule has 0 aliphatic carbocycles. The Bertz CT molecular complexity index is 873. The molecule has 1 saturated heterocycles. The number of hydrogen-bond acceptors (Lipinski definition) is 5. The van der Waals surface area contributed by atoms with Gasteiger partial charge in [0.2, 0.25) is 0 Å². The number of amides is 3. The number of ether oxygens (including phenoxy) is 1. The van der Waals surface area contributed by atoms with E-state index in [0.717, 1.165) is 24.2 Å². The highest BCUT2D eigenvalue weighted by atomic mass is 16.5. The average Bonchev–Trinajstić information content (AvgIpc) is 2.74. The molecule has 0 radical (unpaired) electrons. The van der Waals surface area contributed by atoms with Crippen molar-refractivity contribution in [2.24, 2.45) is 0 Å². The fourth-order valence-electron chi connectivity index (χ4n) is 3.78. The Balaban J connectivity index is 1.44. The van der Waals surface area contributed by atoms with Crippen LogP contribution in [-0.2, 0) is 4.79 Å². The van der Waals surface area contributed by atoms with Crippen LogP contribution in [0.5, 0.6) is 5.75 Å². The maximum atomic E-state index is 12.8. The molecular formula is C20H23N5O3. The molecule has 2 aliphatic rings. The molecule has 3 heterocycles. The largest absolute Gasteiger partial charge is 0.481 e. The van der Waals surface area contributed by atoms with Gasteiger partial charge in [-0.2, -0.15) is 0 Å². The van der Waals surface area contributed by atoms with Crippen LogP contribution in [0.15, 0.2) is 36.8 Å². The van der Waals surface area contributed by atoms with Crippen molar-refractivity contribution in [3.63, 3.8) is 0 Å². The van der Waals surface area contributed by atoms with Crippen LogP contribution in [-0.4, -0.2) is 53.0 Å². The van der Waals surface area contributed by atoms with Crippen molar-refractivity contribution in [1.82, 2.24) is 14.9 Å². The maximum Gasteiger partial charge on any atom is 0.321 e. The number of benzene rings is 1. The minimum Gasteiger partial charge on any atom is -0.481 e. The molecule has 1 N–H and O–H groups in total. The number of rotatable bonds is 3. The van der Waals surface area contributed by atoms with Gasteiger partial charge in [0.15, 0.2) is 6.61 Å². The first kappa shape index (κ1) is 18.2. The summed E-state index contributed by atoms with van der Waals surface area (Å²) in [6.07, 6.45) is 5.22. The summed E-state index contributed by atoms with van der Waals surface area (Å²) < 4.78 is 5.54. The van der Waals surface area contributed by atoms with E-state index in [4.69, 9.17) is 4.74 Å². The smallest absolute Gasteiger partial charge is 0.321 e. The van der Waals surface area contributed by atoms with Gasteiger partial charge in [0.25, 0.3) is 5.91 Å². The van der Waals surface area contributed by atoms with Crippen LogP contribution in [0.2, 0.25) is 0 Å². The van der Waals surface area contributed by atoms with Crippen LogP contribution in [0.3, 0.4) is 0 Å². The Labute approximate surface area is 163 Å². The number of likely N-dealkylation sites (tertiary alicyclic amines) is 1. The molecule has 146 valence electrons. The van der Waals surface area contributed by atoms with Crippen LogP contribution in [0.1, 0.15) is 31.4 Å². The maximum absolute atomic E-state index is 12.8. The normalized spacial score (nSPS) is 19.0. The number of anilines is 2. The molecule has 8 nitrogen and oxygen atoms in total. The molecule has 8 heteroatoms. The molecule has 1 unspecified atom stereocenters. The Morgan fingerprint density at radius 3 is 3.04 bits per heavy atom. The lowest BCUT2D eigenvalue weighted by Gasteiger charge is -2.32. The highest BCUT2D eigenvalue weighted by Gasteiger charge is 2.27. The Kier molecular flexibility index (Phi) is 5.10. The van der Waals surface area contributed by atoms with Crippen molar-refractivity contribution >= 4 is 23.3 Å². The predicted octanol–water partition coefficient (Wildman–Crippen LogP) is 2.63.